The Morgan fingerprint density at radius 1 is 1.20 bits per heavy atom. The molecule has 1 atom stereocenters. The second-order valence-electron chi connectivity index (χ2n) is 6.78. The van der Waals surface area contributed by atoms with Gasteiger partial charge in [-0.15, -0.1) is 0 Å². The van der Waals surface area contributed by atoms with E-state index in [1.54, 1.807) is 11.0 Å². The zero-order valence-electron chi connectivity index (χ0n) is 14.7. The molecule has 2 heterocycles. The molecule has 2 aromatic rings. The van der Waals surface area contributed by atoms with Gasteiger partial charge in [-0.1, -0.05) is 22.9 Å². The summed E-state index contributed by atoms with van der Waals surface area (Å²) in [5, 5.41) is 13.1. The van der Waals surface area contributed by atoms with Crippen molar-refractivity contribution in [2.45, 2.75) is 33.6 Å². The molecule has 0 spiro atoms. The number of amides is 1. The van der Waals surface area contributed by atoms with Crippen molar-refractivity contribution in [1.29, 1.82) is 0 Å². The molecule has 0 radical (unpaired) electrons. The van der Waals surface area contributed by atoms with Crippen molar-refractivity contribution in [3.63, 3.8) is 0 Å². The molecule has 1 fully saturated rings. The molecule has 1 unspecified atom stereocenters. The standard InChI is InChI=1S/C19H22N2O4/c1-11-7-12(2)17(13(3)8-11)16-9-15(20-25-16)18(22)21-6-4-5-14(10-21)19(23)24/h7-9,14H,4-6,10H2,1-3H3,(H,23,24). The summed E-state index contributed by atoms with van der Waals surface area (Å²) in [6.45, 7) is 6.81. The molecule has 132 valence electrons. The van der Waals surface area contributed by atoms with Crippen molar-refractivity contribution in [2.24, 2.45) is 5.92 Å². The SMILES string of the molecule is Cc1cc(C)c(-c2cc(C(=O)N3CCCC(C(=O)O)C3)no2)c(C)c1. The summed E-state index contributed by atoms with van der Waals surface area (Å²) in [6.07, 6.45) is 1.29. The van der Waals surface area contributed by atoms with Crippen LogP contribution in [0.4, 0.5) is 0 Å². The minimum absolute atomic E-state index is 0.221. The fraction of sp³-hybridized carbons (Fsp3) is 0.421. The Bertz CT molecular complexity index is 802. The van der Waals surface area contributed by atoms with Crippen molar-refractivity contribution < 1.29 is 19.2 Å². The van der Waals surface area contributed by atoms with E-state index in [0.717, 1.165) is 16.7 Å². The fourth-order valence-electron chi connectivity index (χ4n) is 3.59. The zero-order chi connectivity index (χ0) is 18.1. The number of nitrogens with zero attached hydrogens (tertiary/aromatic N) is 2. The highest BCUT2D eigenvalue weighted by Gasteiger charge is 2.30. The van der Waals surface area contributed by atoms with Crippen molar-refractivity contribution >= 4 is 11.9 Å². The average molecular weight is 342 g/mol. The first-order chi connectivity index (χ1) is 11.9. The van der Waals surface area contributed by atoms with Crippen LogP contribution >= 0.6 is 0 Å². The lowest BCUT2D eigenvalue weighted by molar-refractivity contribution is -0.143. The van der Waals surface area contributed by atoms with Crippen LogP contribution < -0.4 is 0 Å². The number of carboxylic acid groups (broad SMARTS) is 1. The molecule has 1 N–H and O–H groups in total. The van der Waals surface area contributed by atoms with E-state index in [-0.39, 0.29) is 18.1 Å². The second kappa shape index (κ2) is 6.70. The highest BCUT2D eigenvalue weighted by Crippen LogP contribution is 2.29. The van der Waals surface area contributed by atoms with Crippen LogP contribution in [0.3, 0.4) is 0 Å². The summed E-state index contributed by atoms with van der Waals surface area (Å²) in [7, 11) is 0. The van der Waals surface area contributed by atoms with Gasteiger partial charge in [0, 0.05) is 24.7 Å². The smallest absolute Gasteiger partial charge is 0.308 e. The maximum atomic E-state index is 12.6. The van der Waals surface area contributed by atoms with Gasteiger partial charge in [0.2, 0.25) is 0 Å². The Morgan fingerprint density at radius 3 is 2.52 bits per heavy atom. The predicted molar refractivity (Wildman–Crippen MR) is 92.4 cm³/mol. The Morgan fingerprint density at radius 2 is 1.88 bits per heavy atom. The third kappa shape index (κ3) is 3.43. The van der Waals surface area contributed by atoms with E-state index in [2.05, 4.69) is 17.3 Å². The molecular weight excluding hydrogens is 320 g/mol. The molecular formula is C19H22N2O4. The number of likely N-dealkylation sites (tertiary alicyclic amines) is 1. The number of hydrogen-bond acceptors (Lipinski definition) is 4. The van der Waals surface area contributed by atoms with Gasteiger partial charge in [0.1, 0.15) is 0 Å². The van der Waals surface area contributed by atoms with Crippen LogP contribution in [-0.4, -0.2) is 40.1 Å². The number of carbonyl (C=O) groups excluding carboxylic acids is 1. The Labute approximate surface area is 146 Å². The molecule has 6 heteroatoms. The van der Waals surface area contributed by atoms with E-state index in [4.69, 9.17) is 4.52 Å². The minimum atomic E-state index is -0.857. The maximum Gasteiger partial charge on any atom is 0.308 e. The lowest BCUT2D eigenvalue weighted by Gasteiger charge is -2.29. The Hall–Kier alpha value is -2.63. The summed E-state index contributed by atoms with van der Waals surface area (Å²) in [6, 6.07) is 5.78. The number of aliphatic carboxylic acids is 1. The molecule has 3 rings (SSSR count). The van der Waals surface area contributed by atoms with Crippen molar-refractivity contribution in [3.05, 3.63) is 40.6 Å². The first-order valence-corrected chi connectivity index (χ1v) is 8.44. The monoisotopic (exact) mass is 342 g/mol. The Balaban J connectivity index is 1.84. The topological polar surface area (TPSA) is 83.6 Å². The van der Waals surface area contributed by atoms with Crippen molar-refractivity contribution in [2.75, 3.05) is 13.1 Å². The lowest BCUT2D eigenvalue weighted by atomic mass is 9.97. The molecule has 25 heavy (non-hydrogen) atoms. The molecule has 0 aliphatic carbocycles. The quantitative estimate of drug-likeness (QED) is 0.926. The van der Waals surface area contributed by atoms with Crippen LogP contribution in [0.1, 0.15) is 40.0 Å². The zero-order valence-corrected chi connectivity index (χ0v) is 14.7. The van der Waals surface area contributed by atoms with Crippen LogP contribution in [0, 0.1) is 26.7 Å². The summed E-state index contributed by atoms with van der Waals surface area (Å²) in [4.78, 5) is 25.4. The first-order valence-electron chi connectivity index (χ1n) is 8.44. The molecule has 1 aliphatic heterocycles. The summed E-state index contributed by atoms with van der Waals surface area (Å²) in [5.41, 5.74) is 4.47. The molecule has 6 nitrogen and oxygen atoms in total. The van der Waals surface area contributed by atoms with Crippen LogP contribution in [-0.2, 0) is 4.79 Å². The maximum absolute atomic E-state index is 12.6. The number of aryl methyl sites for hydroxylation is 3. The number of benzene rings is 1. The molecule has 1 saturated heterocycles. The second-order valence-corrected chi connectivity index (χ2v) is 6.78. The number of rotatable bonds is 3. The van der Waals surface area contributed by atoms with Crippen LogP contribution in [0.15, 0.2) is 22.7 Å². The third-order valence-electron chi connectivity index (χ3n) is 4.71. The van der Waals surface area contributed by atoms with Crippen LogP contribution in [0.5, 0.6) is 0 Å². The van der Waals surface area contributed by atoms with Gasteiger partial charge in [-0.3, -0.25) is 9.59 Å². The van der Waals surface area contributed by atoms with Crippen molar-refractivity contribution in [3.8, 4) is 11.3 Å². The van der Waals surface area contributed by atoms with Gasteiger partial charge in [0.05, 0.1) is 5.92 Å². The van der Waals surface area contributed by atoms with Gasteiger partial charge < -0.3 is 14.5 Å². The highest BCUT2D eigenvalue weighted by atomic mass is 16.5. The number of carboxylic acids is 1. The molecule has 0 bridgehead atoms. The van der Waals surface area contributed by atoms with Gasteiger partial charge in [0.15, 0.2) is 11.5 Å². The predicted octanol–water partition coefficient (Wildman–Crippen LogP) is 3.20. The van der Waals surface area contributed by atoms with E-state index in [1.807, 2.05) is 20.8 Å². The highest BCUT2D eigenvalue weighted by molar-refractivity contribution is 5.93. The number of hydrogen-bond donors (Lipinski definition) is 1. The normalized spacial score (nSPS) is 17.6. The van der Waals surface area contributed by atoms with Gasteiger partial charge in [-0.25, -0.2) is 0 Å². The summed E-state index contributed by atoms with van der Waals surface area (Å²) < 4.78 is 5.42. The average Bonchev–Trinajstić information content (AvgIpc) is 3.02. The van der Waals surface area contributed by atoms with Crippen LogP contribution in [0.2, 0.25) is 0 Å². The Kier molecular flexibility index (Phi) is 4.61. The largest absolute Gasteiger partial charge is 0.481 e. The first kappa shape index (κ1) is 17.2. The van der Waals surface area contributed by atoms with Gasteiger partial charge >= 0.3 is 5.97 Å². The molecule has 1 aromatic carbocycles. The van der Waals surface area contributed by atoms with E-state index in [9.17, 15) is 14.7 Å². The molecule has 1 aromatic heterocycles. The van der Waals surface area contributed by atoms with Crippen LogP contribution in [0.25, 0.3) is 11.3 Å². The van der Waals surface area contributed by atoms with E-state index < -0.39 is 11.9 Å². The third-order valence-corrected chi connectivity index (χ3v) is 4.71. The molecule has 0 saturated carbocycles. The van der Waals surface area contributed by atoms with E-state index in [1.165, 1.54) is 5.56 Å². The number of aromatic nitrogens is 1. The minimum Gasteiger partial charge on any atom is -0.481 e. The molecule has 1 amide bonds. The lowest BCUT2D eigenvalue weighted by Crippen LogP contribution is -2.42. The molecule has 1 aliphatic rings. The number of carbonyl (C=O) groups is 2. The van der Waals surface area contributed by atoms with E-state index >= 15 is 0 Å². The summed E-state index contributed by atoms with van der Waals surface area (Å²) >= 11 is 0. The van der Waals surface area contributed by atoms with Gasteiger partial charge in [-0.2, -0.15) is 0 Å². The van der Waals surface area contributed by atoms with Crippen molar-refractivity contribution in [1.82, 2.24) is 10.1 Å². The van der Waals surface area contributed by atoms with E-state index in [0.29, 0.717) is 25.1 Å². The summed E-state index contributed by atoms with van der Waals surface area (Å²) in [5.74, 6) is -1.08. The van der Waals surface area contributed by atoms with Gasteiger partial charge in [-0.05, 0) is 44.7 Å². The fourth-order valence-corrected chi connectivity index (χ4v) is 3.59. The number of piperidine rings is 1. The van der Waals surface area contributed by atoms with Gasteiger partial charge in [0.25, 0.3) is 5.91 Å².